The molecular weight excluding hydrogens is 489 g/mol. The van der Waals surface area contributed by atoms with E-state index < -0.39 is 17.6 Å². The molecule has 0 saturated carbocycles. The predicted octanol–water partition coefficient (Wildman–Crippen LogP) is 5.75. The minimum absolute atomic E-state index is 0.0265. The van der Waals surface area contributed by atoms with E-state index in [1.54, 1.807) is 37.0 Å². The maximum absolute atomic E-state index is 15.7. The number of hydrogen-bond donors (Lipinski definition) is 1. The largest absolute Gasteiger partial charge is 0.497 e. The van der Waals surface area contributed by atoms with E-state index in [1.807, 2.05) is 0 Å². The van der Waals surface area contributed by atoms with Crippen LogP contribution in [-0.4, -0.2) is 52.7 Å². The number of carboxylic acid groups (broad SMARTS) is 1. The molecule has 1 atom stereocenters. The summed E-state index contributed by atoms with van der Waals surface area (Å²) < 4.78 is 21.0. The summed E-state index contributed by atoms with van der Waals surface area (Å²) in [5.41, 5.74) is 2.32. The van der Waals surface area contributed by atoms with E-state index in [-0.39, 0.29) is 17.9 Å². The molecule has 0 spiro atoms. The van der Waals surface area contributed by atoms with Gasteiger partial charge >= 0.3 is 5.97 Å². The number of aliphatic carboxylic acids is 1. The number of alkyl halides is 1. The van der Waals surface area contributed by atoms with Gasteiger partial charge in [0.05, 0.1) is 47.2 Å². The first-order valence-corrected chi connectivity index (χ1v) is 12.7. The molecule has 35 heavy (non-hydrogen) atoms. The summed E-state index contributed by atoms with van der Waals surface area (Å²) in [5, 5.41) is 10.5. The van der Waals surface area contributed by atoms with Crippen molar-refractivity contribution >= 4 is 39.8 Å². The molecule has 1 aliphatic heterocycles. The molecule has 184 valence electrons. The SMILES string of the molecule is COc1ccc2ncc(Cl)c([C@@H](F)CCC3(CC(=O)O)CCN(CC#Cc4cncs4)CC3)c2c1. The summed E-state index contributed by atoms with van der Waals surface area (Å²) in [5.74, 6) is 6.02. The Morgan fingerprint density at radius 1 is 1.37 bits per heavy atom. The Kier molecular flexibility index (Phi) is 8.22. The minimum atomic E-state index is -1.34. The molecule has 3 heterocycles. The van der Waals surface area contributed by atoms with Crippen LogP contribution in [-0.2, 0) is 4.79 Å². The van der Waals surface area contributed by atoms with Crippen LogP contribution in [0.5, 0.6) is 5.75 Å². The molecule has 0 aliphatic carbocycles. The van der Waals surface area contributed by atoms with Gasteiger partial charge in [0.25, 0.3) is 0 Å². The number of methoxy groups -OCH3 is 1. The van der Waals surface area contributed by atoms with E-state index >= 15 is 4.39 Å². The van der Waals surface area contributed by atoms with Crippen molar-refractivity contribution < 1.29 is 19.0 Å². The number of pyridine rings is 1. The van der Waals surface area contributed by atoms with Crippen molar-refractivity contribution in [2.24, 2.45) is 5.41 Å². The van der Waals surface area contributed by atoms with Gasteiger partial charge in [-0.2, -0.15) is 0 Å². The molecule has 1 saturated heterocycles. The summed E-state index contributed by atoms with van der Waals surface area (Å²) in [6.45, 7) is 2.09. The highest BCUT2D eigenvalue weighted by Crippen LogP contribution is 2.44. The number of ether oxygens (including phenoxy) is 1. The fourth-order valence-electron chi connectivity index (χ4n) is 4.73. The number of fused-ring (bicyclic) bond motifs is 1. The number of rotatable bonds is 8. The van der Waals surface area contributed by atoms with Crippen molar-refractivity contribution in [3.8, 4) is 17.6 Å². The molecule has 1 aliphatic rings. The fraction of sp³-hybridized carbons (Fsp3) is 0.423. The number of aromatic nitrogens is 2. The van der Waals surface area contributed by atoms with E-state index in [1.165, 1.54) is 17.5 Å². The van der Waals surface area contributed by atoms with Crippen LogP contribution < -0.4 is 4.74 Å². The minimum Gasteiger partial charge on any atom is -0.497 e. The molecule has 1 aromatic carbocycles. The molecule has 4 rings (SSSR count). The van der Waals surface area contributed by atoms with Gasteiger partial charge in [0.15, 0.2) is 0 Å². The zero-order valence-electron chi connectivity index (χ0n) is 19.5. The Balaban J connectivity index is 1.44. The molecular formula is C26H27ClFN3O3S. The van der Waals surface area contributed by atoms with Gasteiger partial charge in [-0.1, -0.05) is 23.4 Å². The molecule has 0 unspecified atom stereocenters. The number of carboxylic acids is 1. The maximum Gasteiger partial charge on any atom is 0.303 e. The summed E-state index contributed by atoms with van der Waals surface area (Å²) in [6, 6.07) is 5.30. The predicted molar refractivity (Wildman–Crippen MR) is 136 cm³/mol. The lowest BCUT2D eigenvalue weighted by Crippen LogP contribution is -2.41. The van der Waals surface area contributed by atoms with Gasteiger partial charge in [-0.15, -0.1) is 11.3 Å². The molecule has 3 aromatic rings. The van der Waals surface area contributed by atoms with Crippen molar-refractivity contribution in [3.05, 3.63) is 51.6 Å². The quantitative estimate of drug-likeness (QED) is 0.385. The van der Waals surface area contributed by atoms with Gasteiger partial charge in [-0.3, -0.25) is 19.7 Å². The van der Waals surface area contributed by atoms with E-state index in [4.69, 9.17) is 16.3 Å². The van der Waals surface area contributed by atoms with Crippen LogP contribution in [0.15, 0.2) is 36.1 Å². The van der Waals surface area contributed by atoms with Gasteiger partial charge in [0.2, 0.25) is 0 Å². The topological polar surface area (TPSA) is 75.6 Å². The van der Waals surface area contributed by atoms with Crippen LogP contribution in [0.4, 0.5) is 4.39 Å². The lowest BCUT2D eigenvalue weighted by Gasteiger charge is -2.41. The normalized spacial score (nSPS) is 16.4. The zero-order valence-corrected chi connectivity index (χ0v) is 21.0. The standard InChI is InChI=1S/C26H27ClFN3O3S/c1-34-18-4-5-23-20(13-18)25(21(27)16-30-23)22(28)6-7-26(14-24(32)33)8-11-31(12-9-26)10-2-3-19-15-29-17-35-19/h4-5,13,15-17,22H,6-12,14H2,1H3,(H,32,33)/t22-/m0/s1. The van der Waals surface area contributed by atoms with E-state index in [0.29, 0.717) is 48.0 Å². The summed E-state index contributed by atoms with van der Waals surface area (Å²) in [7, 11) is 1.55. The second kappa shape index (κ2) is 11.3. The third kappa shape index (κ3) is 6.29. The second-order valence-corrected chi connectivity index (χ2v) is 10.2. The summed E-state index contributed by atoms with van der Waals surface area (Å²) in [4.78, 5) is 23.2. The molecule has 0 bridgehead atoms. The van der Waals surface area contributed by atoms with Gasteiger partial charge in [-0.25, -0.2) is 4.39 Å². The molecule has 6 nitrogen and oxygen atoms in total. The van der Waals surface area contributed by atoms with Gasteiger partial charge < -0.3 is 9.84 Å². The van der Waals surface area contributed by atoms with Crippen molar-refractivity contribution in [2.75, 3.05) is 26.7 Å². The number of nitrogens with zero attached hydrogens (tertiary/aromatic N) is 3. The zero-order chi connectivity index (χ0) is 24.8. The molecule has 1 fully saturated rings. The van der Waals surface area contributed by atoms with Crippen LogP contribution in [0.25, 0.3) is 10.9 Å². The Morgan fingerprint density at radius 2 is 2.17 bits per heavy atom. The number of halogens is 2. The maximum atomic E-state index is 15.7. The molecule has 9 heteroatoms. The Labute approximate surface area is 213 Å². The number of thiazole rings is 1. The number of piperidine rings is 1. The summed E-state index contributed by atoms with van der Waals surface area (Å²) >= 11 is 7.88. The number of benzene rings is 1. The van der Waals surface area contributed by atoms with Gasteiger partial charge in [-0.05, 0) is 62.4 Å². The molecule has 0 amide bonds. The number of likely N-dealkylation sites (tertiary alicyclic amines) is 1. The lowest BCUT2D eigenvalue weighted by molar-refractivity contribution is -0.141. The highest BCUT2D eigenvalue weighted by molar-refractivity contribution is 7.10. The van der Waals surface area contributed by atoms with Crippen LogP contribution in [0.3, 0.4) is 0 Å². The van der Waals surface area contributed by atoms with Crippen LogP contribution in [0.2, 0.25) is 5.02 Å². The van der Waals surface area contributed by atoms with Crippen LogP contribution in [0.1, 0.15) is 48.7 Å². The molecule has 1 N–H and O–H groups in total. The third-order valence-electron chi connectivity index (χ3n) is 6.70. The molecule has 0 radical (unpaired) electrons. The lowest BCUT2D eigenvalue weighted by atomic mass is 9.71. The highest BCUT2D eigenvalue weighted by atomic mass is 35.5. The van der Waals surface area contributed by atoms with E-state index in [2.05, 4.69) is 26.7 Å². The first kappa shape index (κ1) is 25.4. The first-order chi connectivity index (χ1) is 16.9. The highest BCUT2D eigenvalue weighted by Gasteiger charge is 2.37. The smallest absolute Gasteiger partial charge is 0.303 e. The van der Waals surface area contributed by atoms with Crippen molar-refractivity contribution in [3.63, 3.8) is 0 Å². The van der Waals surface area contributed by atoms with Gasteiger partial charge in [0.1, 0.15) is 11.9 Å². The van der Waals surface area contributed by atoms with Crippen LogP contribution >= 0.6 is 22.9 Å². The van der Waals surface area contributed by atoms with Gasteiger partial charge in [0, 0.05) is 17.1 Å². The van der Waals surface area contributed by atoms with E-state index in [0.717, 1.165) is 18.0 Å². The summed E-state index contributed by atoms with van der Waals surface area (Å²) in [6.07, 6.45) is 3.93. The average Bonchev–Trinajstić information content (AvgIpc) is 3.36. The average molecular weight is 516 g/mol. The Morgan fingerprint density at radius 3 is 2.86 bits per heavy atom. The third-order valence-corrected chi connectivity index (χ3v) is 7.69. The Hall–Kier alpha value is -2.73. The van der Waals surface area contributed by atoms with Crippen molar-refractivity contribution in [1.29, 1.82) is 0 Å². The van der Waals surface area contributed by atoms with Crippen molar-refractivity contribution in [2.45, 2.75) is 38.3 Å². The second-order valence-electron chi connectivity index (χ2n) is 8.92. The number of hydrogen-bond acceptors (Lipinski definition) is 6. The monoisotopic (exact) mass is 515 g/mol. The Bertz CT molecular complexity index is 1230. The van der Waals surface area contributed by atoms with E-state index in [9.17, 15) is 9.90 Å². The molecule has 2 aromatic heterocycles. The number of carbonyl (C=O) groups is 1. The fourth-order valence-corrected chi connectivity index (χ4v) is 5.48. The van der Waals surface area contributed by atoms with Crippen LogP contribution in [0, 0.1) is 17.3 Å². The first-order valence-electron chi connectivity index (χ1n) is 11.5. The van der Waals surface area contributed by atoms with Crippen molar-refractivity contribution in [1.82, 2.24) is 14.9 Å².